The third-order valence-electron chi connectivity index (χ3n) is 9.42. The van der Waals surface area contributed by atoms with E-state index in [0.717, 1.165) is 37.8 Å². The van der Waals surface area contributed by atoms with Gasteiger partial charge in [0.1, 0.15) is 12.0 Å². The first-order valence-electron chi connectivity index (χ1n) is 15.5. The minimum atomic E-state index is 0.0291. The van der Waals surface area contributed by atoms with Crippen LogP contribution in [0.15, 0.2) is 29.3 Å². The first-order valence-corrected chi connectivity index (χ1v) is 16.6. The molecule has 5 rings (SSSR count). The number of hydrogen-bond acceptors (Lipinski definition) is 8. The second kappa shape index (κ2) is 13.4. The fraction of sp³-hybridized carbons (Fsp3) is 0.733. The van der Waals surface area contributed by atoms with Crippen LogP contribution in [0.5, 0.6) is 0 Å². The predicted molar refractivity (Wildman–Crippen MR) is 168 cm³/mol. The van der Waals surface area contributed by atoms with E-state index in [1.54, 1.807) is 0 Å². The Hall–Kier alpha value is -1.57. The number of allylic oxidation sites excluding steroid dienone is 1. The summed E-state index contributed by atoms with van der Waals surface area (Å²) in [6, 6.07) is 8.17. The lowest BCUT2D eigenvalue weighted by Crippen LogP contribution is -2.54. The van der Waals surface area contributed by atoms with E-state index in [0.29, 0.717) is 14.6 Å². The van der Waals surface area contributed by atoms with Crippen molar-refractivity contribution in [2.75, 3.05) is 76.2 Å². The van der Waals surface area contributed by atoms with Gasteiger partial charge >= 0.3 is 0 Å². The molecule has 5 N–H and O–H groups in total. The lowest BCUT2D eigenvalue weighted by molar-refractivity contribution is 0.0982. The van der Waals surface area contributed by atoms with Gasteiger partial charge in [0.25, 0.3) is 0 Å². The van der Waals surface area contributed by atoms with E-state index >= 15 is 0 Å². The van der Waals surface area contributed by atoms with Crippen molar-refractivity contribution in [1.29, 1.82) is 0 Å². The molecule has 4 aliphatic rings. The van der Waals surface area contributed by atoms with Gasteiger partial charge in [0.05, 0.1) is 5.78 Å². The van der Waals surface area contributed by atoms with Gasteiger partial charge in [-0.2, -0.15) is 0 Å². The van der Waals surface area contributed by atoms with Gasteiger partial charge < -0.3 is 36.4 Å². The van der Waals surface area contributed by atoms with E-state index in [4.69, 9.17) is 5.73 Å². The first-order chi connectivity index (χ1) is 18.9. The van der Waals surface area contributed by atoms with Gasteiger partial charge in [-0.1, -0.05) is 22.4 Å². The van der Waals surface area contributed by atoms with Crippen LogP contribution in [-0.4, -0.2) is 105 Å². The van der Waals surface area contributed by atoms with E-state index in [-0.39, 0.29) is 11.9 Å². The Morgan fingerprint density at radius 3 is 2.31 bits per heavy atom. The van der Waals surface area contributed by atoms with E-state index in [9.17, 15) is 0 Å². The van der Waals surface area contributed by atoms with Gasteiger partial charge in [-0.25, -0.2) is 0 Å². The Labute approximate surface area is 238 Å². The minimum absolute atomic E-state index is 0.0291. The molecule has 3 atom stereocenters. The first kappa shape index (κ1) is 28.9. The molecular formula is C30H53N8P. The summed E-state index contributed by atoms with van der Waals surface area (Å²) >= 11 is 0. The van der Waals surface area contributed by atoms with Crippen molar-refractivity contribution < 1.29 is 0 Å². The molecule has 39 heavy (non-hydrogen) atoms. The van der Waals surface area contributed by atoms with Crippen LogP contribution in [0.25, 0.3) is 0 Å². The molecule has 0 aromatic heterocycles. The SMILES string of the molecule is CCC1=C(NC2CCN(CC)CC2)NC(Nc2ccc(N3CCC(N4CCN(C)CC4)CC3)c(C)c2)C(N)P1. The van der Waals surface area contributed by atoms with Crippen molar-refractivity contribution in [3.63, 3.8) is 0 Å². The summed E-state index contributed by atoms with van der Waals surface area (Å²) in [6.45, 7) is 17.5. The van der Waals surface area contributed by atoms with Crippen LogP contribution in [0.4, 0.5) is 11.4 Å². The number of piperidine rings is 2. The van der Waals surface area contributed by atoms with Crippen molar-refractivity contribution in [1.82, 2.24) is 25.3 Å². The molecule has 0 radical (unpaired) electrons. The number of nitrogens with one attached hydrogen (secondary N) is 3. The maximum Gasteiger partial charge on any atom is 0.117 e. The molecule has 0 spiro atoms. The molecule has 1 aromatic rings. The van der Waals surface area contributed by atoms with Gasteiger partial charge in [-0.3, -0.25) is 4.90 Å². The average Bonchev–Trinajstić information content (AvgIpc) is 2.96. The van der Waals surface area contributed by atoms with Crippen LogP contribution >= 0.6 is 8.58 Å². The van der Waals surface area contributed by atoms with Crippen molar-refractivity contribution in [2.45, 2.75) is 76.9 Å². The molecule has 3 unspecified atom stereocenters. The van der Waals surface area contributed by atoms with E-state index in [2.05, 4.69) is 81.6 Å². The number of benzene rings is 1. The number of nitrogens with two attached hydrogens (primary N) is 1. The Bertz CT molecular complexity index is 962. The number of likely N-dealkylation sites (tertiary alicyclic amines) is 1. The lowest BCUT2D eigenvalue weighted by Gasteiger charge is -2.43. The van der Waals surface area contributed by atoms with Gasteiger partial charge in [-0.15, -0.1) is 0 Å². The summed E-state index contributed by atoms with van der Waals surface area (Å²) in [5, 5.41) is 12.8. The fourth-order valence-electron chi connectivity index (χ4n) is 6.76. The van der Waals surface area contributed by atoms with Crippen LogP contribution in [0, 0.1) is 6.92 Å². The van der Waals surface area contributed by atoms with Gasteiger partial charge in [0.2, 0.25) is 0 Å². The summed E-state index contributed by atoms with van der Waals surface area (Å²) in [4.78, 5) is 10.3. The second-order valence-corrected chi connectivity index (χ2v) is 13.6. The fourth-order valence-corrected chi connectivity index (χ4v) is 7.99. The largest absolute Gasteiger partial charge is 0.371 e. The van der Waals surface area contributed by atoms with E-state index in [1.807, 2.05) is 0 Å². The maximum absolute atomic E-state index is 6.70. The molecule has 0 aliphatic carbocycles. The molecular weight excluding hydrogens is 503 g/mol. The third-order valence-corrected chi connectivity index (χ3v) is 11.0. The number of aryl methyl sites for hydroxylation is 1. The number of nitrogens with zero attached hydrogens (tertiary/aromatic N) is 4. The van der Waals surface area contributed by atoms with Crippen molar-refractivity contribution in [3.05, 3.63) is 34.9 Å². The second-order valence-electron chi connectivity index (χ2n) is 12.1. The Kier molecular flexibility index (Phi) is 9.94. The molecule has 218 valence electrons. The van der Waals surface area contributed by atoms with Gasteiger partial charge in [-0.05, 0) is 81.7 Å². The molecule has 3 fully saturated rings. The molecule has 1 aromatic carbocycles. The number of anilines is 2. The quantitative estimate of drug-likeness (QED) is 0.364. The standard InChI is InChI=1S/C30H53N8P/c1-5-27-29(32-23-9-13-36(6-2)14-10-23)34-30(28(31)39-27)33-24-7-8-26(22(3)21-24)38-15-11-25(12-16-38)37-19-17-35(4)18-20-37/h7-8,21,23,25,28,30,32-34,39H,5-6,9-20,31H2,1-4H3. The topological polar surface area (TPSA) is 75.1 Å². The summed E-state index contributed by atoms with van der Waals surface area (Å²) in [5.41, 5.74) is 10.6. The summed E-state index contributed by atoms with van der Waals surface area (Å²) in [6.07, 6.45) is 6.02. The molecule has 4 heterocycles. The normalized spacial score (nSPS) is 27.7. The number of rotatable bonds is 8. The number of likely N-dealkylation sites (N-methyl/N-ethyl adjacent to an activating group) is 1. The summed E-state index contributed by atoms with van der Waals surface area (Å²) in [5.74, 6) is 1.29. The smallest absolute Gasteiger partial charge is 0.117 e. The summed E-state index contributed by atoms with van der Waals surface area (Å²) in [7, 11) is 2.88. The Morgan fingerprint density at radius 2 is 1.67 bits per heavy atom. The van der Waals surface area contributed by atoms with Gasteiger partial charge in [0, 0.05) is 75.8 Å². The zero-order valence-corrected chi connectivity index (χ0v) is 25.8. The summed E-state index contributed by atoms with van der Waals surface area (Å²) < 4.78 is 0. The number of hydrogen-bond donors (Lipinski definition) is 4. The average molecular weight is 557 g/mol. The van der Waals surface area contributed by atoms with Crippen LogP contribution in [-0.2, 0) is 0 Å². The zero-order chi connectivity index (χ0) is 27.4. The molecule has 0 amide bonds. The Morgan fingerprint density at radius 1 is 0.949 bits per heavy atom. The highest BCUT2D eigenvalue weighted by Gasteiger charge is 2.30. The highest BCUT2D eigenvalue weighted by molar-refractivity contribution is 7.44. The molecule has 8 nitrogen and oxygen atoms in total. The van der Waals surface area contributed by atoms with Crippen molar-refractivity contribution >= 4 is 20.0 Å². The molecule has 9 heteroatoms. The zero-order valence-electron chi connectivity index (χ0n) is 24.8. The highest BCUT2D eigenvalue weighted by Crippen LogP contribution is 2.37. The van der Waals surface area contributed by atoms with E-state index < -0.39 is 0 Å². The predicted octanol–water partition coefficient (Wildman–Crippen LogP) is 3.17. The Balaban J connectivity index is 1.16. The maximum atomic E-state index is 6.70. The highest BCUT2D eigenvalue weighted by atomic mass is 31.1. The molecule has 0 bridgehead atoms. The molecule has 0 saturated carbocycles. The molecule has 3 saturated heterocycles. The van der Waals surface area contributed by atoms with Crippen LogP contribution in [0.2, 0.25) is 0 Å². The minimum Gasteiger partial charge on any atom is -0.371 e. The lowest BCUT2D eigenvalue weighted by atomic mass is 10.0. The molecule has 4 aliphatic heterocycles. The van der Waals surface area contributed by atoms with Crippen molar-refractivity contribution in [2.24, 2.45) is 5.73 Å². The van der Waals surface area contributed by atoms with Crippen molar-refractivity contribution in [3.8, 4) is 0 Å². The monoisotopic (exact) mass is 556 g/mol. The van der Waals surface area contributed by atoms with Crippen LogP contribution in [0.3, 0.4) is 0 Å². The third kappa shape index (κ3) is 7.20. The van der Waals surface area contributed by atoms with Gasteiger partial charge in [0.15, 0.2) is 0 Å². The van der Waals surface area contributed by atoms with Crippen LogP contribution < -0.4 is 26.6 Å². The van der Waals surface area contributed by atoms with Crippen LogP contribution in [0.1, 0.15) is 51.5 Å². The number of piperazine rings is 1. The van der Waals surface area contributed by atoms with E-state index in [1.165, 1.54) is 87.3 Å².